The van der Waals surface area contributed by atoms with E-state index in [1.165, 1.54) is 0 Å². The maximum Gasteiger partial charge on any atom is 0.238 e. The van der Waals surface area contributed by atoms with E-state index in [0.717, 1.165) is 0 Å². The number of hydrogen-bond acceptors (Lipinski definition) is 4. The van der Waals surface area contributed by atoms with Gasteiger partial charge in [0.1, 0.15) is 0 Å². The first-order valence-electron chi connectivity index (χ1n) is 5.60. The van der Waals surface area contributed by atoms with Gasteiger partial charge in [-0.3, -0.25) is 4.98 Å². The number of halogens is 1. The van der Waals surface area contributed by atoms with Gasteiger partial charge in [0.2, 0.25) is 5.88 Å². The highest BCUT2D eigenvalue weighted by Crippen LogP contribution is 2.29. The largest absolute Gasteiger partial charge is 0.490 e. The molecule has 0 unspecified atom stereocenters. The molecule has 4 nitrogen and oxygen atoms in total. The minimum atomic E-state index is 0.336. The van der Waals surface area contributed by atoms with Gasteiger partial charge in [-0.1, -0.05) is 12.1 Å². The molecule has 0 spiro atoms. The van der Waals surface area contributed by atoms with Gasteiger partial charge in [0.05, 0.1) is 30.6 Å². The van der Waals surface area contributed by atoms with Crippen LogP contribution in [0.5, 0.6) is 17.4 Å². The Morgan fingerprint density at radius 3 is 2.50 bits per heavy atom. The average molecular weight is 265 g/mol. The molecular weight excluding hydrogens is 252 g/mol. The second-order valence-electron chi connectivity index (χ2n) is 3.46. The maximum atomic E-state index is 5.64. The Morgan fingerprint density at radius 1 is 1.11 bits per heavy atom. The van der Waals surface area contributed by atoms with E-state index in [0.29, 0.717) is 35.6 Å². The molecule has 0 fully saturated rings. The van der Waals surface area contributed by atoms with Gasteiger partial charge in [0, 0.05) is 0 Å². The van der Waals surface area contributed by atoms with E-state index in [2.05, 4.69) is 9.97 Å². The van der Waals surface area contributed by atoms with Gasteiger partial charge in [-0.15, -0.1) is 11.6 Å². The number of nitrogens with zero attached hydrogens (tertiary/aromatic N) is 2. The smallest absolute Gasteiger partial charge is 0.238 e. The lowest BCUT2D eigenvalue weighted by Crippen LogP contribution is -1.96. The summed E-state index contributed by atoms with van der Waals surface area (Å²) in [6, 6.07) is 7.43. The van der Waals surface area contributed by atoms with Crippen LogP contribution in [0.3, 0.4) is 0 Å². The SMILES string of the molecule is CCOc1ccccc1Oc1cnc(CCl)cn1. The molecular formula is C13H13ClN2O2. The minimum Gasteiger partial charge on any atom is -0.490 e. The van der Waals surface area contributed by atoms with Gasteiger partial charge >= 0.3 is 0 Å². The van der Waals surface area contributed by atoms with E-state index < -0.39 is 0 Å². The predicted octanol–water partition coefficient (Wildman–Crippen LogP) is 3.41. The van der Waals surface area contributed by atoms with Crippen LogP contribution in [-0.4, -0.2) is 16.6 Å². The molecule has 1 heterocycles. The fourth-order valence-corrected chi connectivity index (χ4v) is 1.52. The molecule has 1 aromatic heterocycles. The van der Waals surface area contributed by atoms with Crippen molar-refractivity contribution in [2.45, 2.75) is 12.8 Å². The molecule has 2 rings (SSSR count). The summed E-state index contributed by atoms with van der Waals surface area (Å²) in [5, 5.41) is 0. The van der Waals surface area contributed by atoms with E-state index in [9.17, 15) is 0 Å². The highest BCUT2D eigenvalue weighted by atomic mass is 35.5. The Morgan fingerprint density at radius 2 is 1.89 bits per heavy atom. The molecule has 0 N–H and O–H groups in total. The fraction of sp³-hybridized carbons (Fsp3) is 0.231. The van der Waals surface area contributed by atoms with Crippen LogP contribution in [0, 0.1) is 0 Å². The Balaban J connectivity index is 2.17. The lowest BCUT2D eigenvalue weighted by Gasteiger charge is -2.10. The normalized spacial score (nSPS) is 10.1. The van der Waals surface area contributed by atoms with Gasteiger partial charge in [-0.2, -0.15) is 0 Å². The third-order valence-electron chi connectivity index (χ3n) is 2.18. The first-order valence-corrected chi connectivity index (χ1v) is 6.13. The Labute approximate surface area is 111 Å². The number of para-hydroxylation sites is 2. The average Bonchev–Trinajstić information content (AvgIpc) is 2.42. The van der Waals surface area contributed by atoms with Crippen LogP contribution in [0.1, 0.15) is 12.6 Å². The molecule has 0 saturated heterocycles. The summed E-state index contributed by atoms with van der Waals surface area (Å²) >= 11 is 5.64. The van der Waals surface area contributed by atoms with Crippen LogP contribution in [0.4, 0.5) is 0 Å². The molecule has 94 valence electrons. The van der Waals surface area contributed by atoms with Crippen LogP contribution in [-0.2, 0) is 5.88 Å². The van der Waals surface area contributed by atoms with E-state index in [-0.39, 0.29) is 0 Å². The Hall–Kier alpha value is -1.81. The van der Waals surface area contributed by atoms with E-state index in [1.54, 1.807) is 12.4 Å². The summed E-state index contributed by atoms with van der Waals surface area (Å²) in [5.74, 6) is 2.05. The number of rotatable bonds is 5. The molecule has 0 bridgehead atoms. The van der Waals surface area contributed by atoms with Crippen molar-refractivity contribution >= 4 is 11.6 Å². The van der Waals surface area contributed by atoms with E-state index >= 15 is 0 Å². The van der Waals surface area contributed by atoms with Crippen molar-refractivity contribution in [2.24, 2.45) is 0 Å². The molecule has 0 aliphatic rings. The van der Waals surface area contributed by atoms with Crippen molar-refractivity contribution in [1.82, 2.24) is 9.97 Å². The Bertz CT molecular complexity index is 503. The number of alkyl halides is 1. The lowest BCUT2D eigenvalue weighted by molar-refractivity contribution is 0.319. The molecule has 18 heavy (non-hydrogen) atoms. The van der Waals surface area contributed by atoms with Crippen molar-refractivity contribution in [3.8, 4) is 17.4 Å². The first-order chi connectivity index (χ1) is 8.83. The molecule has 0 aliphatic heterocycles. The summed E-state index contributed by atoms with van der Waals surface area (Å²) in [4.78, 5) is 8.23. The quantitative estimate of drug-likeness (QED) is 0.777. The number of hydrogen-bond donors (Lipinski definition) is 0. The van der Waals surface area contributed by atoms with Crippen LogP contribution in [0.2, 0.25) is 0 Å². The van der Waals surface area contributed by atoms with E-state index in [1.807, 2.05) is 31.2 Å². The standard InChI is InChI=1S/C13H13ClN2O2/c1-2-17-11-5-3-4-6-12(11)18-13-9-15-10(7-14)8-16-13/h3-6,8-9H,2,7H2,1H3. The van der Waals surface area contributed by atoms with Gasteiger partial charge in [-0.25, -0.2) is 4.98 Å². The highest BCUT2D eigenvalue weighted by Gasteiger charge is 2.06. The van der Waals surface area contributed by atoms with Crippen molar-refractivity contribution < 1.29 is 9.47 Å². The number of benzene rings is 1. The molecule has 2 aromatic rings. The van der Waals surface area contributed by atoms with Gasteiger partial charge < -0.3 is 9.47 Å². The Kier molecular flexibility index (Phi) is 4.36. The molecule has 0 aliphatic carbocycles. The summed E-state index contributed by atoms with van der Waals surface area (Å²) < 4.78 is 11.1. The van der Waals surface area contributed by atoms with Gasteiger partial charge in [0.15, 0.2) is 11.5 Å². The van der Waals surface area contributed by atoms with Crippen LogP contribution in [0.25, 0.3) is 0 Å². The van der Waals surface area contributed by atoms with Crippen molar-refractivity contribution in [2.75, 3.05) is 6.61 Å². The van der Waals surface area contributed by atoms with Gasteiger partial charge in [0.25, 0.3) is 0 Å². The molecule has 0 saturated carbocycles. The zero-order valence-electron chi connectivity index (χ0n) is 9.97. The topological polar surface area (TPSA) is 44.2 Å². The molecule has 0 atom stereocenters. The van der Waals surface area contributed by atoms with Crippen LogP contribution < -0.4 is 9.47 Å². The maximum absolute atomic E-state index is 5.64. The predicted molar refractivity (Wildman–Crippen MR) is 69.3 cm³/mol. The fourth-order valence-electron chi connectivity index (χ4n) is 1.39. The van der Waals surface area contributed by atoms with Crippen molar-refractivity contribution in [1.29, 1.82) is 0 Å². The zero-order valence-corrected chi connectivity index (χ0v) is 10.7. The number of aromatic nitrogens is 2. The molecule has 0 radical (unpaired) electrons. The molecule has 0 amide bonds. The summed E-state index contributed by atoms with van der Waals surface area (Å²) in [6.45, 7) is 2.50. The van der Waals surface area contributed by atoms with Crippen LogP contribution in [0.15, 0.2) is 36.7 Å². The van der Waals surface area contributed by atoms with Gasteiger partial charge in [-0.05, 0) is 19.1 Å². The lowest BCUT2D eigenvalue weighted by atomic mass is 10.3. The highest BCUT2D eigenvalue weighted by molar-refractivity contribution is 6.16. The van der Waals surface area contributed by atoms with Crippen molar-refractivity contribution in [3.63, 3.8) is 0 Å². The summed E-state index contributed by atoms with van der Waals surface area (Å²) in [6.07, 6.45) is 3.13. The second kappa shape index (κ2) is 6.21. The van der Waals surface area contributed by atoms with E-state index in [4.69, 9.17) is 21.1 Å². The summed E-state index contributed by atoms with van der Waals surface area (Å²) in [5.41, 5.74) is 0.710. The monoisotopic (exact) mass is 264 g/mol. The third kappa shape index (κ3) is 3.11. The van der Waals surface area contributed by atoms with Crippen LogP contribution >= 0.6 is 11.6 Å². The third-order valence-corrected chi connectivity index (χ3v) is 2.46. The minimum absolute atomic E-state index is 0.336. The molecule has 1 aromatic carbocycles. The zero-order chi connectivity index (χ0) is 12.8. The second-order valence-corrected chi connectivity index (χ2v) is 3.73. The first kappa shape index (κ1) is 12.6. The number of ether oxygens (including phenoxy) is 2. The summed E-state index contributed by atoms with van der Waals surface area (Å²) in [7, 11) is 0. The molecule has 5 heteroatoms. The van der Waals surface area contributed by atoms with Crippen molar-refractivity contribution in [3.05, 3.63) is 42.4 Å².